The van der Waals surface area contributed by atoms with Crippen LogP contribution in [0.25, 0.3) is 0 Å². The number of carbonyl (C=O) groups is 1. The smallest absolute Gasteiger partial charge is 0.410 e. The molecular weight excluding hydrogens is 352 g/mol. The summed E-state index contributed by atoms with van der Waals surface area (Å²) in [6.07, 6.45) is 2.62. The van der Waals surface area contributed by atoms with E-state index in [-0.39, 0.29) is 6.09 Å². The number of anilines is 2. The predicted octanol–water partition coefficient (Wildman–Crippen LogP) is 3.79. The molecule has 2 aromatic rings. The number of hydrogen-bond donors (Lipinski definition) is 1. The zero-order valence-electron chi connectivity index (χ0n) is 17.0. The molecule has 6 nitrogen and oxygen atoms in total. The molecule has 2 heterocycles. The van der Waals surface area contributed by atoms with Gasteiger partial charge in [-0.2, -0.15) is 0 Å². The Morgan fingerprint density at radius 2 is 1.79 bits per heavy atom. The second-order valence-electron chi connectivity index (χ2n) is 8.02. The third kappa shape index (κ3) is 5.87. The summed E-state index contributed by atoms with van der Waals surface area (Å²) in [5.74, 6) is 0.942. The lowest BCUT2D eigenvalue weighted by Gasteiger charge is -2.36. The minimum Gasteiger partial charge on any atom is -0.444 e. The number of nitrogens with one attached hydrogen (secondary N) is 1. The van der Waals surface area contributed by atoms with Crippen LogP contribution in [0.3, 0.4) is 0 Å². The van der Waals surface area contributed by atoms with E-state index in [0.29, 0.717) is 13.1 Å². The van der Waals surface area contributed by atoms with Gasteiger partial charge in [0.05, 0.1) is 11.9 Å². The Kier molecular flexibility index (Phi) is 6.39. The fourth-order valence-corrected chi connectivity index (χ4v) is 3.12. The highest BCUT2D eigenvalue weighted by Gasteiger charge is 2.26. The minimum absolute atomic E-state index is 0.238. The lowest BCUT2D eigenvalue weighted by Crippen LogP contribution is -2.50. The van der Waals surface area contributed by atoms with E-state index in [4.69, 9.17) is 4.74 Å². The van der Waals surface area contributed by atoms with Crippen molar-refractivity contribution in [1.29, 1.82) is 0 Å². The zero-order valence-corrected chi connectivity index (χ0v) is 17.0. The SMILES string of the molecule is CC(C)(C)OC(=O)N1CCN(c2ccc(NCCc3ccccc3)cn2)CC1. The van der Waals surface area contributed by atoms with Crippen LogP contribution < -0.4 is 10.2 Å². The summed E-state index contributed by atoms with van der Waals surface area (Å²) in [7, 11) is 0. The summed E-state index contributed by atoms with van der Waals surface area (Å²) >= 11 is 0. The van der Waals surface area contributed by atoms with Crippen molar-refractivity contribution in [3.05, 3.63) is 54.2 Å². The number of aromatic nitrogens is 1. The first-order chi connectivity index (χ1) is 13.4. The quantitative estimate of drug-likeness (QED) is 0.853. The van der Waals surface area contributed by atoms with Crippen LogP contribution in [0.5, 0.6) is 0 Å². The number of carbonyl (C=O) groups excluding carboxylic acids is 1. The van der Waals surface area contributed by atoms with Crippen molar-refractivity contribution in [1.82, 2.24) is 9.88 Å². The van der Waals surface area contributed by atoms with Gasteiger partial charge in [0.15, 0.2) is 0 Å². The number of pyridine rings is 1. The maximum absolute atomic E-state index is 12.2. The number of rotatable bonds is 5. The standard InChI is InChI=1S/C22H30N4O2/c1-22(2,3)28-21(27)26-15-13-25(14-16-26)20-10-9-19(17-24-20)23-12-11-18-7-5-4-6-8-18/h4-10,17,23H,11-16H2,1-3H3. The number of hydrogen-bond acceptors (Lipinski definition) is 5. The molecule has 1 aromatic heterocycles. The molecule has 1 aromatic carbocycles. The highest BCUT2D eigenvalue weighted by molar-refractivity contribution is 5.68. The van der Waals surface area contributed by atoms with Gasteiger partial charge in [-0.3, -0.25) is 0 Å². The Morgan fingerprint density at radius 1 is 1.07 bits per heavy atom. The van der Waals surface area contributed by atoms with E-state index in [1.807, 2.05) is 39.1 Å². The molecule has 0 spiro atoms. The number of amides is 1. The van der Waals surface area contributed by atoms with Gasteiger partial charge in [-0.25, -0.2) is 9.78 Å². The van der Waals surface area contributed by atoms with Crippen LogP contribution >= 0.6 is 0 Å². The van der Waals surface area contributed by atoms with E-state index in [1.54, 1.807) is 4.90 Å². The van der Waals surface area contributed by atoms with Gasteiger partial charge < -0.3 is 19.9 Å². The molecule has 1 saturated heterocycles. The second kappa shape index (κ2) is 8.95. The lowest BCUT2D eigenvalue weighted by molar-refractivity contribution is 0.0240. The van der Waals surface area contributed by atoms with Crippen LogP contribution in [0.2, 0.25) is 0 Å². The zero-order chi connectivity index (χ0) is 20.0. The van der Waals surface area contributed by atoms with Crippen molar-refractivity contribution in [2.45, 2.75) is 32.8 Å². The van der Waals surface area contributed by atoms with Gasteiger partial charge in [0.2, 0.25) is 0 Å². The Morgan fingerprint density at radius 3 is 2.39 bits per heavy atom. The number of piperazine rings is 1. The first-order valence-corrected chi connectivity index (χ1v) is 9.87. The number of nitrogens with zero attached hydrogens (tertiary/aromatic N) is 3. The number of ether oxygens (including phenoxy) is 1. The van der Waals surface area contributed by atoms with Crippen molar-refractivity contribution in [3.63, 3.8) is 0 Å². The molecule has 1 fully saturated rings. The van der Waals surface area contributed by atoms with Gasteiger partial charge >= 0.3 is 6.09 Å². The molecule has 0 saturated carbocycles. The summed E-state index contributed by atoms with van der Waals surface area (Å²) in [4.78, 5) is 20.7. The van der Waals surface area contributed by atoms with Crippen molar-refractivity contribution >= 4 is 17.6 Å². The van der Waals surface area contributed by atoms with E-state index >= 15 is 0 Å². The van der Waals surface area contributed by atoms with Crippen LogP contribution in [0.1, 0.15) is 26.3 Å². The van der Waals surface area contributed by atoms with Crippen molar-refractivity contribution in [3.8, 4) is 0 Å². The first-order valence-electron chi connectivity index (χ1n) is 9.87. The Balaban J connectivity index is 1.45. The Hall–Kier alpha value is -2.76. The van der Waals surface area contributed by atoms with Gasteiger partial charge in [-0.15, -0.1) is 0 Å². The van der Waals surface area contributed by atoms with Gasteiger partial charge in [-0.05, 0) is 44.9 Å². The van der Waals surface area contributed by atoms with Gasteiger partial charge in [0.1, 0.15) is 11.4 Å². The molecule has 6 heteroatoms. The highest BCUT2D eigenvalue weighted by Crippen LogP contribution is 2.18. The van der Waals surface area contributed by atoms with Crippen molar-refractivity contribution in [2.75, 3.05) is 42.9 Å². The van der Waals surface area contributed by atoms with Crippen LogP contribution in [-0.2, 0) is 11.2 Å². The average molecular weight is 383 g/mol. The monoisotopic (exact) mass is 382 g/mol. The topological polar surface area (TPSA) is 57.7 Å². The molecule has 1 aliphatic heterocycles. The molecule has 28 heavy (non-hydrogen) atoms. The van der Waals surface area contributed by atoms with E-state index in [2.05, 4.69) is 45.5 Å². The summed E-state index contributed by atoms with van der Waals surface area (Å²) < 4.78 is 5.45. The van der Waals surface area contributed by atoms with Crippen molar-refractivity contribution < 1.29 is 9.53 Å². The van der Waals surface area contributed by atoms with Gasteiger partial charge in [-0.1, -0.05) is 30.3 Å². The molecule has 0 radical (unpaired) electrons. The Labute approximate surface area is 167 Å². The lowest BCUT2D eigenvalue weighted by atomic mass is 10.1. The maximum Gasteiger partial charge on any atom is 0.410 e. The fourth-order valence-electron chi connectivity index (χ4n) is 3.12. The number of benzene rings is 1. The molecule has 1 aliphatic rings. The Bertz CT molecular complexity index is 748. The fraction of sp³-hybridized carbons (Fsp3) is 0.455. The van der Waals surface area contributed by atoms with E-state index < -0.39 is 5.60 Å². The molecule has 150 valence electrons. The summed E-state index contributed by atoms with van der Waals surface area (Å²) in [6, 6.07) is 14.5. The van der Waals surface area contributed by atoms with Gasteiger partial charge in [0.25, 0.3) is 0 Å². The van der Waals surface area contributed by atoms with E-state index in [9.17, 15) is 4.79 Å². The summed E-state index contributed by atoms with van der Waals surface area (Å²) in [5.41, 5.74) is 1.88. The summed E-state index contributed by atoms with van der Waals surface area (Å²) in [5, 5.41) is 3.42. The largest absolute Gasteiger partial charge is 0.444 e. The van der Waals surface area contributed by atoms with Crippen LogP contribution in [0.4, 0.5) is 16.3 Å². The molecule has 0 aliphatic carbocycles. The summed E-state index contributed by atoms with van der Waals surface area (Å²) in [6.45, 7) is 9.35. The van der Waals surface area contributed by atoms with Crippen molar-refractivity contribution in [2.24, 2.45) is 0 Å². The normalized spacial score (nSPS) is 14.7. The maximum atomic E-state index is 12.2. The molecular formula is C22H30N4O2. The third-order valence-electron chi connectivity index (χ3n) is 4.59. The average Bonchev–Trinajstić information content (AvgIpc) is 2.68. The van der Waals surface area contributed by atoms with E-state index in [0.717, 1.165) is 37.6 Å². The highest BCUT2D eigenvalue weighted by atomic mass is 16.6. The minimum atomic E-state index is -0.459. The van der Waals surface area contributed by atoms with E-state index in [1.165, 1.54) is 5.56 Å². The second-order valence-corrected chi connectivity index (χ2v) is 8.02. The van der Waals surface area contributed by atoms with Crippen LogP contribution in [-0.4, -0.2) is 54.3 Å². The van der Waals surface area contributed by atoms with Gasteiger partial charge in [0, 0.05) is 32.7 Å². The third-order valence-corrected chi connectivity index (χ3v) is 4.59. The first kappa shape index (κ1) is 20.0. The molecule has 1 amide bonds. The predicted molar refractivity (Wildman–Crippen MR) is 113 cm³/mol. The molecule has 0 atom stereocenters. The molecule has 0 unspecified atom stereocenters. The molecule has 1 N–H and O–H groups in total. The molecule has 0 bridgehead atoms. The van der Waals surface area contributed by atoms with Crippen LogP contribution in [0.15, 0.2) is 48.7 Å². The van der Waals surface area contributed by atoms with Crippen LogP contribution in [0, 0.1) is 0 Å². The molecule has 3 rings (SSSR count).